The van der Waals surface area contributed by atoms with E-state index < -0.39 is 12.0 Å². The highest BCUT2D eigenvalue weighted by Gasteiger charge is 2.36. The van der Waals surface area contributed by atoms with Gasteiger partial charge in [-0.05, 0) is 37.4 Å². The monoisotopic (exact) mass is 333 g/mol. The van der Waals surface area contributed by atoms with Gasteiger partial charge in [-0.25, -0.2) is 0 Å². The Bertz CT molecular complexity index is 481. The van der Waals surface area contributed by atoms with Crippen LogP contribution in [0.5, 0.6) is 0 Å². The van der Waals surface area contributed by atoms with Gasteiger partial charge in [0, 0.05) is 6.54 Å². The van der Waals surface area contributed by atoms with Crippen molar-refractivity contribution < 1.29 is 14.6 Å². The van der Waals surface area contributed by atoms with E-state index in [0.29, 0.717) is 6.61 Å². The number of esters is 1. The van der Waals surface area contributed by atoms with Crippen LogP contribution in [0.1, 0.15) is 51.0 Å². The maximum Gasteiger partial charge on any atom is 0.316 e. The van der Waals surface area contributed by atoms with E-state index in [0.717, 1.165) is 50.9 Å². The molecule has 4 nitrogen and oxygen atoms in total. The van der Waals surface area contributed by atoms with Gasteiger partial charge in [0.1, 0.15) is 12.5 Å². The van der Waals surface area contributed by atoms with Gasteiger partial charge in [-0.2, -0.15) is 0 Å². The standard InChI is InChI=1S/C20H31NO3/c1-3-21(4-2)14-15-24-20(23)18(16-10-6-5-7-11-16)19(22)17-12-8-9-13-17/h5-7,10-11,17-19,22H,3-4,8-9,12-15H2,1-2H3/t18-,19+/m0/s1. The van der Waals surface area contributed by atoms with E-state index in [1.165, 1.54) is 0 Å². The summed E-state index contributed by atoms with van der Waals surface area (Å²) in [5, 5.41) is 10.8. The molecule has 2 rings (SSSR count). The van der Waals surface area contributed by atoms with Crippen LogP contribution in [0.25, 0.3) is 0 Å². The molecule has 0 aromatic heterocycles. The Kier molecular flexibility index (Phi) is 7.73. The molecule has 0 heterocycles. The number of nitrogens with zero attached hydrogens (tertiary/aromatic N) is 1. The summed E-state index contributed by atoms with van der Waals surface area (Å²) in [4.78, 5) is 14.9. The van der Waals surface area contributed by atoms with E-state index in [2.05, 4.69) is 18.7 Å². The molecule has 1 aliphatic carbocycles. The molecule has 0 spiro atoms. The molecule has 1 aromatic rings. The predicted molar refractivity (Wildman–Crippen MR) is 95.9 cm³/mol. The molecule has 0 unspecified atom stereocenters. The number of aliphatic hydroxyl groups excluding tert-OH is 1. The van der Waals surface area contributed by atoms with Gasteiger partial charge in [-0.3, -0.25) is 4.79 Å². The normalized spacial score (nSPS) is 17.8. The molecule has 1 N–H and O–H groups in total. The number of benzene rings is 1. The fraction of sp³-hybridized carbons (Fsp3) is 0.650. The molecule has 0 bridgehead atoms. The molecule has 24 heavy (non-hydrogen) atoms. The first-order valence-electron chi connectivity index (χ1n) is 9.29. The van der Waals surface area contributed by atoms with Gasteiger partial charge >= 0.3 is 5.97 Å². The molecule has 134 valence electrons. The molecule has 2 atom stereocenters. The predicted octanol–water partition coefficient (Wildman–Crippen LogP) is 3.21. The minimum atomic E-state index is -0.657. The van der Waals surface area contributed by atoms with Crippen molar-refractivity contribution in [1.82, 2.24) is 4.90 Å². The molecular weight excluding hydrogens is 302 g/mol. The summed E-state index contributed by atoms with van der Waals surface area (Å²) in [5.41, 5.74) is 0.852. The van der Waals surface area contributed by atoms with Crippen molar-refractivity contribution in [1.29, 1.82) is 0 Å². The van der Waals surface area contributed by atoms with Gasteiger partial charge in [0.15, 0.2) is 0 Å². The second-order valence-electron chi connectivity index (χ2n) is 6.62. The smallest absolute Gasteiger partial charge is 0.316 e. The van der Waals surface area contributed by atoms with Crippen LogP contribution < -0.4 is 0 Å². The zero-order valence-corrected chi connectivity index (χ0v) is 15.0. The first-order valence-corrected chi connectivity index (χ1v) is 9.29. The third-order valence-electron chi connectivity index (χ3n) is 5.18. The molecule has 0 amide bonds. The lowest BCUT2D eigenvalue weighted by atomic mass is 9.85. The largest absolute Gasteiger partial charge is 0.464 e. The number of aliphatic hydroxyl groups is 1. The molecule has 1 aromatic carbocycles. The molecule has 4 heteroatoms. The lowest BCUT2D eigenvalue weighted by Crippen LogP contribution is -2.34. The van der Waals surface area contributed by atoms with E-state index in [-0.39, 0.29) is 11.9 Å². The number of carbonyl (C=O) groups excluding carboxylic acids is 1. The summed E-state index contributed by atoms with van der Waals surface area (Å²) in [5.74, 6) is -0.677. The highest BCUT2D eigenvalue weighted by atomic mass is 16.5. The lowest BCUT2D eigenvalue weighted by molar-refractivity contribution is -0.149. The van der Waals surface area contributed by atoms with Crippen molar-refractivity contribution in [3.8, 4) is 0 Å². The molecular formula is C20H31NO3. The van der Waals surface area contributed by atoms with Crippen LogP contribution in [-0.4, -0.2) is 48.3 Å². The Balaban J connectivity index is 2.03. The van der Waals surface area contributed by atoms with Gasteiger partial charge in [0.05, 0.1) is 6.10 Å². The Labute approximate surface area is 145 Å². The average molecular weight is 333 g/mol. The highest BCUT2D eigenvalue weighted by molar-refractivity contribution is 5.79. The lowest BCUT2D eigenvalue weighted by Gasteiger charge is -2.27. The Morgan fingerprint density at radius 2 is 1.83 bits per heavy atom. The fourth-order valence-corrected chi connectivity index (χ4v) is 3.61. The molecule has 0 radical (unpaired) electrons. The summed E-state index contributed by atoms with van der Waals surface area (Å²) >= 11 is 0. The van der Waals surface area contributed by atoms with Crippen LogP contribution in [0.2, 0.25) is 0 Å². The SMILES string of the molecule is CCN(CC)CCOC(=O)[C@@H](c1ccccc1)[C@H](O)C1CCCC1. The second kappa shape index (κ2) is 9.80. The van der Waals surface area contributed by atoms with Crippen molar-refractivity contribution in [2.75, 3.05) is 26.2 Å². The van der Waals surface area contributed by atoms with Crippen LogP contribution >= 0.6 is 0 Å². The average Bonchev–Trinajstić information content (AvgIpc) is 3.14. The van der Waals surface area contributed by atoms with Crippen molar-refractivity contribution >= 4 is 5.97 Å². The van der Waals surface area contributed by atoms with Gasteiger partial charge in [0.2, 0.25) is 0 Å². The topological polar surface area (TPSA) is 49.8 Å². The second-order valence-corrected chi connectivity index (χ2v) is 6.62. The molecule has 0 aliphatic heterocycles. The van der Waals surface area contributed by atoms with Crippen LogP contribution in [0.3, 0.4) is 0 Å². The minimum Gasteiger partial charge on any atom is -0.464 e. The van der Waals surface area contributed by atoms with Crippen LogP contribution in [-0.2, 0) is 9.53 Å². The zero-order chi connectivity index (χ0) is 17.4. The summed E-state index contributed by atoms with van der Waals surface area (Å²) in [7, 11) is 0. The van der Waals surface area contributed by atoms with Crippen LogP contribution in [0.4, 0.5) is 0 Å². The first-order chi connectivity index (χ1) is 11.7. The quantitative estimate of drug-likeness (QED) is 0.705. The van der Waals surface area contributed by atoms with Crippen molar-refractivity contribution in [3.05, 3.63) is 35.9 Å². The number of hydrogen-bond donors (Lipinski definition) is 1. The van der Waals surface area contributed by atoms with Crippen molar-refractivity contribution in [2.45, 2.75) is 51.6 Å². The number of hydrogen-bond acceptors (Lipinski definition) is 4. The number of rotatable bonds is 9. The van der Waals surface area contributed by atoms with Gasteiger partial charge in [0.25, 0.3) is 0 Å². The molecule has 1 aliphatic rings. The summed E-state index contributed by atoms with van der Waals surface area (Å²) in [6.45, 7) is 7.20. The highest BCUT2D eigenvalue weighted by Crippen LogP contribution is 2.35. The van der Waals surface area contributed by atoms with Gasteiger partial charge in [-0.15, -0.1) is 0 Å². The summed E-state index contributed by atoms with van der Waals surface area (Å²) in [6.07, 6.45) is 3.62. The van der Waals surface area contributed by atoms with Crippen molar-refractivity contribution in [2.24, 2.45) is 5.92 Å². The van der Waals surface area contributed by atoms with Gasteiger partial charge in [-0.1, -0.05) is 57.0 Å². The Hall–Kier alpha value is -1.39. The minimum absolute atomic E-state index is 0.200. The first kappa shape index (κ1) is 18.9. The third kappa shape index (κ3) is 5.05. The Morgan fingerprint density at radius 1 is 1.21 bits per heavy atom. The molecule has 1 fully saturated rings. The molecule has 1 saturated carbocycles. The maximum absolute atomic E-state index is 12.7. The fourth-order valence-electron chi connectivity index (χ4n) is 3.61. The van der Waals surface area contributed by atoms with Crippen molar-refractivity contribution in [3.63, 3.8) is 0 Å². The maximum atomic E-state index is 12.7. The molecule has 0 saturated heterocycles. The Morgan fingerprint density at radius 3 is 2.42 bits per heavy atom. The van der Waals surface area contributed by atoms with Crippen LogP contribution in [0, 0.1) is 5.92 Å². The van der Waals surface area contributed by atoms with E-state index in [9.17, 15) is 9.90 Å². The number of ether oxygens (including phenoxy) is 1. The zero-order valence-electron chi connectivity index (χ0n) is 15.0. The third-order valence-corrected chi connectivity index (χ3v) is 5.18. The number of likely N-dealkylation sites (N-methyl/N-ethyl adjacent to an activating group) is 1. The number of carbonyl (C=O) groups is 1. The van der Waals surface area contributed by atoms with E-state index >= 15 is 0 Å². The van der Waals surface area contributed by atoms with Crippen LogP contribution in [0.15, 0.2) is 30.3 Å². The van der Waals surface area contributed by atoms with E-state index in [1.54, 1.807) is 0 Å². The summed E-state index contributed by atoms with van der Waals surface area (Å²) < 4.78 is 5.53. The van der Waals surface area contributed by atoms with Gasteiger partial charge < -0.3 is 14.7 Å². The summed E-state index contributed by atoms with van der Waals surface area (Å²) in [6, 6.07) is 9.57. The van der Waals surface area contributed by atoms with E-state index in [4.69, 9.17) is 4.74 Å². The van der Waals surface area contributed by atoms with E-state index in [1.807, 2.05) is 30.3 Å².